The van der Waals surface area contributed by atoms with Gasteiger partial charge in [0, 0.05) is 13.1 Å². The van der Waals surface area contributed by atoms with Crippen LogP contribution in [-0.4, -0.2) is 62.3 Å². The standard InChI is InChI=1S/C33H39N3O2/c1-5-35(6-2)17-19-37-27-13-15-29-30-16-14-28(38-20-18-36(7-3)8-4)23-33(30)31(32(29)22-27)21-25-9-11-26(24-34)12-10-25/h9-16,21-23H,5-8,17-20H2,1-4H3. The van der Waals surface area contributed by atoms with Gasteiger partial charge in [-0.05, 0) is 102 Å². The average Bonchev–Trinajstić information content (AvgIpc) is 3.25. The summed E-state index contributed by atoms with van der Waals surface area (Å²) in [6, 6.07) is 22.7. The van der Waals surface area contributed by atoms with E-state index in [4.69, 9.17) is 9.47 Å². The second-order valence-electron chi connectivity index (χ2n) is 9.46. The molecule has 198 valence electrons. The van der Waals surface area contributed by atoms with Crippen molar-refractivity contribution in [1.29, 1.82) is 5.26 Å². The largest absolute Gasteiger partial charge is 0.492 e. The fourth-order valence-corrected chi connectivity index (χ4v) is 4.93. The first-order chi connectivity index (χ1) is 18.6. The lowest BCUT2D eigenvalue weighted by atomic mass is 10.0. The Morgan fingerprint density at radius 1 is 0.658 bits per heavy atom. The molecule has 38 heavy (non-hydrogen) atoms. The van der Waals surface area contributed by atoms with Crippen LogP contribution in [0.4, 0.5) is 0 Å². The lowest BCUT2D eigenvalue weighted by Gasteiger charge is -2.18. The van der Waals surface area contributed by atoms with Crippen molar-refractivity contribution in [2.45, 2.75) is 27.7 Å². The van der Waals surface area contributed by atoms with Crippen LogP contribution in [0.15, 0.2) is 60.7 Å². The van der Waals surface area contributed by atoms with Crippen LogP contribution in [0.25, 0.3) is 22.8 Å². The molecule has 0 fully saturated rings. The molecule has 4 rings (SSSR count). The van der Waals surface area contributed by atoms with E-state index in [0.29, 0.717) is 18.8 Å². The lowest BCUT2D eigenvalue weighted by molar-refractivity contribution is 0.223. The molecule has 0 bridgehead atoms. The molecule has 1 aliphatic rings. The van der Waals surface area contributed by atoms with E-state index in [1.165, 1.54) is 11.1 Å². The van der Waals surface area contributed by atoms with Gasteiger partial charge in [-0.2, -0.15) is 5.26 Å². The molecule has 0 unspecified atom stereocenters. The Kier molecular flexibility index (Phi) is 9.59. The van der Waals surface area contributed by atoms with Crippen molar-refractivity contribution in [1.82, 2.24) is 9.80 Å². The van der Waals surface area contributed by atoms with Crippen molar-refractivity contribution in [2.75, 3.05) is 52.5 Å². The molecule has 0 spiro atoms. The van der Waals surface area contributed by atoms with E-state index >= 15 is 0 Å². The van der Waals surface area contributed by atoms with Crippen molar-refractivity contribution >= 4 is 11.6 Å². The Morgan fingerprint density at radius 2 is 1.13 bits per heavy atom. The highest BCUT2D eigenvalue weighted by Gasteiger charge is 2.25. The number of nitrogens with zero attached hydrogens (tertiary/aromatic N) is 3. The second kappa shape index (κ2) is 13.3. The molecule has 3 aromatic carbocycles. The van der Waals surface area contributed by atoms with Gasteiger partial charge in [0.2, 0.25) is 0 Å². The van der Waals surface area contributed by atoms with Gasteiger partial charge in [-0.1, -0.05) is 52.0 Å². The lowest BCUT2D eigenvalue weighted by Crippen LogP contribution is -2.27. The van der Waals surface area contributed by atoms with Crippen LogP contribution in [0.5, 0.6) is 11.5 Å². The van der Waals surface area contributed by atoms with Crippen molar-refractivity contribution in [3.8, 4) is 28.7 Å². The van der Waals surface area contributed by atoms with Crippen molar-refractivity contribution < 1.29 is 9.47 Å². The number of benzene rings is 3. The maximum atomic E-state index is 9.21. The van der Waals surface area contributed by atoms with Gasteiger partial charge in [0.25, 0.3) is 0 Å². The molecule has 0 aromatic heterocycles. The highest BCUT2D eigenvalue weighted by atomic mass is 16.5. The number of hydrogen-bond acceptors (Lipinski definition) is 5. The van der Waals surface area contributed by atoms with Gasteiger partial charge < -0.3 is 19.3 Å². The zero-order chi connectivity index (χ0) is 26.9. The Bertz CT molecular complexity index is 1210. The van der Waals surface area contributed by atoms with Crippen LogP contribution >= 0.6 is 0 Å². The molecule has 0 radical (unpaired) electrons. The second-order valence-corrected chi connectivity index (χ2v) is 9.46. The van der Waals surface area contributed by atoms with Gasteiger partial charge in [-0.25, -0.2) is 0 Å². The molecule has 0 aliphatic heterocycles. The van der Waals surface area contributed by atoms with Gasteiger partial charge in [0.15, 0.2) is 0 Å². The average molecular weight is 510 g/mol. The third-order valence-corrected chi connectivity index (χ3v) is 7.34. The SMILES string of the molecule is CCN(CC)CCOc1ccc2c(c1)C(=Cc1ccc(C#N)cc1)c1cc(OCCN(CC)CC)ccc1-2. The molecule has 5 heteroatoms. The Balaban J connectivity index is 1.64. The smallest absolute Gasteiger partial charge is 0.120 e. The summed E-state index contributed by atoms with van der Waals surface area (Å²) in [4.78, 5) is 4.72. The number of nitriles is 1. The van der Waals surface area contributed by atoms with Crippen LogP contribution in [0, 0.1) is 11.3 Å². The number of hydrogen-bond donors (Lipinski definition) is 0. The Morgan fingerprint density at radius 3 is 1.55 bits per heavy atom. The summed E-state index contributed by atoms with van der Waals surface area (Å²) in [5.74, 6) is 1.76. The zero-order valence-electron chi connectivity index (χ0n) is 23.2. The molecule has 0 saturated carbocycles. The molecule has 1 aliphatic carbocycles. The van der Waals surface area contributed by atoms with E-state index in [9.17, 15) is 5.26 Å². The molecule has 5 nitrogen and oxygen atoms in total. The summed E-state index contributed by atoms with van der Waals surface area (Å²) in [5.41, 5.74) is 7.57. The number of likely N-dealkylation sites (N-methyl/N-ethyl adjacent to an activating group) is 2. The monoisotopic (exact) mass is 509 g/mol. The predicted molar refractivity (Wildman–Crippen MR) is 157 cm³/mol. The summed E-state index contributed by atoms with van der Waals surface area (Å²) in [6.45, 7) is 15.9. The molecule has 0 saturated heterocycles. The number of ether oxygens (including phenoxy) is 2. The maximum absolute atomic E-state index is 9.21. The van der Waals surface area contributed by atoms with Gasteiger partial charge >= 0.3 is 0 Å². The normalized spacial score (nSPS) is 11.9. The van der Waals surface area contributed by atoms with Crippen molar-refractivity contribution in [2.24, 2.45) is 0 Å². The third kappa shape index (κ3) is 6.45. The predicted octanol–water partition coefficient (Wildman–Crippen LogP) is 6.57. The van der Waals surface area contributed by atoms with Crippen LogP contribution in [0.1, 0.15) is 49.9 Å². The highest BCUT2D eigenvalue weighted by Crippen LogP contribution is 2.47. The molecular formula is C33H39N3O2. The van der Waals surface area contributed by atoms with Gasteiger partial charge in [-0.15, -0.1) is 0 Å². The molecule has 0 heterocycles. The van der Waals surface area contributed by atoms with E-state index in [1.807, 2.05) is 24.3 Å². The van der Waals surface area contributed by atoms with Crippen molar-refractivity contribution in [3.63, 3.8) is 0 Å². The minimum Gasteiger partial charge on any atom is -0.492 e. The van der Waals surface area contributed by atoms with E-state index in [-0.39, 0.29) is 0 Å². The van der Waals surface area contributed by atoms with Crippen molar-refractivity contribution in [3.05, 3.63) is 82.9 Å². The highest BCUT2D eigenvalue weighted by molar-refractivity contribution is 6.07. The van der Waals surface area contributed by atoms with E-state index in [2.05, 4.69) is 86.0 Å². The molecule has 0 N–H and O–H groups in total. The topological polar surface area (TPSA) is 48.7 Å². The fourth-order valence-electron chi connectivity index (χ4n) is 4.93. The van der Waals surface area contributed by atoms with Gasteiger partial charge in [0.1, 0.15) is 24.7 Å². The van der Waals surface area contributed by atoms with Gasteiger partial charge in [-0.3, -0.25) is 0 Å². The van der Waals surface area contributed by atoms with E-state index < -0.39 is 0 Å². The summed E-state index contributed by atoms with van der Waals surface area (Å²) >= 11 is 0. The Hall–Kier alpha value is -3.59. The molecule has 0 amide bonds. The molecular weight excluding hydrogens is 470 g/mol. The van der Waals surface area contributed by atoms with E-state index in [0.717, 1.165) is 73.0 Å². The van der Waals surface area contributed by atoms with Gasteiger partial charge in [0.05, 0.1) is 11.6 Å². The Labute approximate surface area is 227 Å². The quantitative estimate of drug-likeness (QED) is 0.204. The summed E-state index contributed by atoms with van der Waals surface area (Å²) < 4.78 is 12.4. The van der Waals surface area contributed by atoms with Crippen LogP contribution in [0.2, 0.25) is 0 Å². The fraction of sp³-hybridized carbons (Fsp3) is 0.364. The summed E-state index contributed by atoms with van der Waals surface area (Å²) in [7, 11) is 0. The zero-order valence-corrected chi connectivity index (χ0v) is 23.2. The first-order valence-electron chi connectivity index (χ1n) is 13.8. The number of fused-ring (bicyclic) bond motifs is 3. The third-order valence-electron chi connectivity index (χ3n) is 7.34. The maximum Gasteiger partial charge on any atom is 0.120 e. The van der Waals surface area contributed by atoms with Crippen LogP contribution in [0.3, 0.4) is 0 Å². The number of rotatable bonds is 13. The minimum absolute atomic E-state index is 0.659. The molecule has 0 atom stereocenters. The first-order valence-corrected chi connectivity index (χ1v) is 13.8. The van der Waals surface area contributed by atoms with E-state index in [1.54, 1.807) is 0 Å². The minimum atomic E-state index is 0.659. The summed E-state index contributed by atoms with van der Waals surface area (Å²) in [5, 5.41) is 9.21. The first kappa shape index (κ1) is 27.4. The summed E-state index contributed by atoms with van der Waals surface area (Å²) in [6.07, 6.45) is 2.20. The molecule has 3 aromatic rings. The van der Waals surface area contributed by atoms with Crippen LogP contribution < -0.4 is 9.47 Å². The van der Waals surface area contributed by atoms with Crippen LogP contribution in [-0.2, 0) is 0 Å².